The van der Waals surface area contributed by atoms with Gasteiger partial charge in [-0.2, -0.15) is 0 Å². The number of para-hydroxylation sites is 1. The maximum Gasteiger partial charge on any atom is 0.135 e. The van der Waals surface area contributed by atoms with E-state index < -0.39 is 54.4 Å². The molecular formula is C36H20O. The van der Waals surface area contributed by atoms with Crippen LogP contribution in [0.1, 0.15) is 15.1 Å². The fourth-order valence-electron chi connectivity index (χ4n) is 5.88. The van der Waals surface area contributed by atoms with Crippen LogP contribution in [0.5, 0.6) is 11.5 Å². The first-order valence-corrected chi connectivity index (χ1v) is 11.9. The highest BCUT2D eigenvalue weighted by molar-refractivity contribution is 6.24. The number of fused-ring (bicyclic) bond motifs is 6. The molecule has 1 heterocycles. The number of hydrogen-bond acceptors (Lipinski definition) is 1. The first kappa shape index (κ1) is 11.9. The van der Waals surface area contributed by atoms with Crippen molar-refractivity contribution in [3.05, 3.63) is 121 Å². The zero-order valence-electron chi connectivity index (χ0n) is 30.1. The molecule has 2 aliphatic rings. The van der Waals surface area contributed by atoms with Gasteiger partial charge in [0.1, 0.15) is 11.5 Å². The average Bonchev–Trinajstić information content (AvgIpc) is 3.44. The van der Waals surface area contributed by atoms with Crippen LogP contribution in [-0.2, 0) is 0 Å². The van der Waals surface area contributed by atoms with Crippen molar-refractivity contribution in [2.24, 2.45) is 0 Å². The number of hydrogen-bond donors (Lipinski definition) is 0. The van der Waals surface area contributed by atoms with Crippen molar-refractivity contribution in [2.75, 3.05) is 0 Å². The fourth-order valence-corrected chi connectivity index (χ4v) is 5.88. The topological polar surface area (TPSA) is 9.23 Å². The van der Waals surface area contributed by atoms with Crippen LogP contribution in [0.25, 0.3) is 76.8 Å². The van der Waals surface area contributed by atoms with Gasteiger partial charge in [0, 0.05) is 10.9 Å². The van der Waals surface area contributed by atoms with Crippen molar-refractivity contribution in [3.8, 4) is 56.0 Å². The molecule has 1 aliphatic heterocycles. The summed E-state index contributed by atoms with van der Waals surface area (Å²) in [6.07, 6.45) is 0. The van der Waals surface area contributed by atoms with Gasteiger partial charge in [-0.1, -0.05) is 96.8 Å². The zero-order valence-corrected chi connectivity index (χ0v) is 19.1. The van der Waals surface area contributed by atoms with Crippen LogP contribution in [0.4, 0.5) is 0 Å². The molecule has 0 N–H and O–H groups in total. The Kier molecular flexibility index (Phi) is 2.21. The maximum atomic E-state index is 9.46. The molecular weight excluding hydrogens is 448 g/mol. The van der Waals surface area contributed by atoms with Crippen molar-refractivity contribution < 1.29 is 19.8 Å². The molecule has 0 fully saturated rings. The van der Waals surface area contributed by atoms with Crippen molar-refractivity contribution in [3.63, 3.8) is 0 Å². The molecule has 1 heteroatoms. The predicted octanol–water partition coefficient (Wildman–Crippen LogP) is 10.2. The minimum Gasteiger partial charge on any atom is -0.456 e. The molecule has 7 aromatic carbocycles. The van der Waals surface area contributed by atoms with Gasteiger partial charge in [0.25, 0.3) is 0 Å². The molecule has 0 unspecified atom stereocenters. The van der Waals surface area contributed by atoms with Gasteiger partial charge in [0.15, 0.2) is 0 Å². The van der Waals surface area contributed by atoms with Gasteiger partial charge >= 0.3 is 0 Å². The summed E-state index contributed by atoms with van der Waals surface area (Å²) in [6.45, 7) is 0. The van der Waals surface area contributed by atoms with E-state index in [-0.39, 0.29) is 61.4 Å². The molecule has 37 heavy (non-hydrogen) atoms. The van der Waals surface area contributed by atoms with Crippen LogP contribution in [0.15, 0.2) is 121 Å². The van der Waals surface area contributed by atoms with E-state index in [1.807, 2.05) is 42.5 Å². The summed E-state index contributed by atoms with van der Waals surface area (Å²) in [6, 6.07) is 12.0. The van der Waals surface area contributed by atoms with Gasteiger partial charge < -0.3 is 4.74 Å². The summed E-state index contributed by atoms with van der Waals surface area (Å²) >= 11 is 0. The second kappa shape index (κ2) is 6.87. The van der Waals surface area contributed by atoms with E-state index in [1.165, 1.54) is 0 Å². The van der Waals surface area contributed by atoms with Crippen LogP contribution in [-0.4, -0.2) is 0 Å². The van der Waals surface area contributed by atoms with Gasteiger partial charge in [-0.25, -0.2) is 0 Å². The van der Waals surface area contributed by atoms with Gasteiger partial charge in [0.05, 0.1) is 15.1 Å². The molecule has 0 spiro atoms. The third-order valence-electron chi connectivity index (χ3n) is 7.36. The first-order chi connectivity index (χ1) is 23.0. The Morgan fingerprint density at radius 1 is 0.459 bits per heavy atom. The van der Waals surface area contributed by atoms with E-state index >= 15 is 0 Å². The van der Waals surface area contributed by atoms with Crippen LogP contribution < -0.4 is 4.74 Å². The standard InChI is InChI=1S/C36H20O/c1-2-11-23-22(8-1)20-30-27-13-5-9-21-10-6-16-29(33(21)27)36(30)35(23)28-18-19-32-34-25(14-7-15-26(28)34)24-12-3-4-17-31(24)37-32/h1-20H/i1D,2D,5D,6D,8D,9D,10D,11D,13D,16D,20D. The summed E-state index contributed by atoms with van der Waals surface area (Å²) in [5, 5.41) is 1.40. The Hall–Kier alpha value is -4.88. The van der Waals surface area contributed by atoms with E-state index in [2.05, 4.69) is 0 Å². The van der Waals surface area contributed by atoms with E-state index in [0.717, 1.165) is 16.5 Å². The SMILES string of the molecule is [2H]c1c([2H])c([2H])c2c(-c3ccc4c5c(cccc35)-c3ccccc3O4)c3c(c([2H])c2c1[2H])-c1c([2H])c([2H])c([2H])c2c([2H])c([2H])c([2H])c-3c12. The summed E-state index contributed by atoms with van der Waals surface area (Å²) < 4.78 is 104. The molecule has 1 aliphatic carbocycles. The molecule has 0 saturated carbocycles. The Labute approximate surface area is 229 Å². The second-order valence-corrected chi connectivity index (χ2v) is 9.19. The van der Waals surface area contributed by atoms with Crippen LogP contribution in [0.2, 0.25) is 0 Å². The summed E-state index contributed by atoms with van der Waals surface area (Å²) in [5.74, 6) is 1.26. The van der Waals surface area contributed by atoms with E-state index in [0.29, 0.717) is 22.4 Å². The predicted molar refractivity (Wildman–Crippen MR) is 154 cm³/mol. The molecule has 170 valence electrons. The molecule has 0 radical (unpaired) electrons. The number of benzene rings is 7. The Morgan fingerprint density at radius 2 is 1.27 bits per heavy atom. The quantitative estimate of drug-likeness (QED) is 0.227. The molecule has 9 rings (SSSR count). The largest absolute Gasteiger partial charge is 0.456 e. The van der Waals surface area contributed by atoms with Crippen LogP contribution >= 0.6 is 0 Å². The lowest BCUT2D eigenvalue weighted by molar-refractivity contribution is 0.487. The Morgan fingerprint density at radius 3 is 2.22 bits per heavy atom. The summed E-state index contributed by atoms with van der Waals surface area (Å²) in [4.78, 5) is 0. The summed E-state index contributed by atoms with van der Waals surface area (Å²) in [7, 11) is 0. The van der Waals surface area contributed by atoms with Gasteiger partial charge in [-0.15, -0.1) is 0 Å². The maximum absolute atomic E-state index is 9.46. The average molecular weight is 480 g/mol. The number of rotatable bonds is 1. The first-order valence-electron chi connectivity index (χ1n) is 17.4. The van der Waals surface area contributed by atoms with Crippen LogP contribution in [0, 0.1) is 0 Å². The third-order valence-corrected chi connectivity index (χ3v) is 7.36. The minimum atomic E-state index is -0.536. The molecule has 0 atom stereocenters. The Balaban J connectivity index is 1.58. The highest BCUT2D eigenvalue weighted by Gasteiger charge is 2.28. The number of ether oxygens (including phenoxy) is 1. The highest BCUT2D eigenvalue weighted by Crippen LogP contribution is 2.55. The van der Waals surface area contributed by atoms with E-state index in [9.17, 15) is 1.37 Å². The minimum absolute atomic E-state index is 0.0353. The van der Waals surface area contributed by atoms with E-state index in [1.54, 1.807) is 12.1 Å². The fraction of sp³-hybridized carbons (Fsp3) is 0. The molecule has 0 aromatic heterocycles. The van der Waals surface area contributed by atoms with Gasteiger partial charge in [0.2, 0.25) is 0 Å². The molecule has 0 bridgehead atoms. The lowest BCUT2D eigenvalue weighted by Gasteiger charge is -2.23. The normalized spacial score (nSPS) is 16.7. The van der Waals surface area contributed by atoms with Crippen molar-refractivity contribution in [2.45, 2.75) is 0 Å². The lowest BCUT2D eigenvalue weighted by Crippen LogP contribution is -1.98. The van der Waals surface area contributed by atoms with Gasteiger partial charge in [-0.05, 0) is 90.1 Å². The smallest absolute Gasteiger partial charge is 0.135 e. The second-order valence-electron chi connectivity index (χ2n) is 9.19. The summed E-state index contributed by atoms with van der Waals surface area (Å²) in [5.41, 5.74) is 2.94. The molecule has 0 amide bonds. The monoisotopic (exact) mass is 479 g/mol. The highest BCUT2D eigenvalue weighted by atomic mass is 16.5. The van der Waals surface area contributed by atoms with Crippen molar-refractivity contribution in [1.82, 2.24) is 0 Å². The molecule has 7 aromatic rings. The van der Waals surface area contributed by atoms with Crippen molar-refractivity contribution >= 4 is 32.3 Å². The van der Waals surface area contributed by atoms with Crippen LogP contribution in [0.3, 0.4) is 0 Å². The zero-order chi connectivity index (χ0) is 33.7. The third kappa shape index (κ3) is 2.43. The van der Waals surface area contributed by atoms with E-state index in [4.69, 9.17) is 18.4 Å². The molecule has 1 nitrogen and oxygen atoms in total. The molecule has 0 saturated heterocycles. The van der Waals surface area contributed by atoms with Gasteiger partial charge in [-0.3, -0.25) is 0 Å². The Bertz CT molecular complexity index is 2710. The lowest BCUT2D eigenvalue weighted by atomic mass is 9.84. The van der Waals surface area contributed by atoms with Crippen molar-refractivity contribution in [1.29, 1.82) is 0 Å².